The van der Waals surface area contributed by atoms with Crippen LogP contribution in [-0.2, 0) is 0 Å². The zero-order valence-electron chi connectivity index (χ0n) is 12.6. The maximum atomic E-state index is 12.2. The van der Waals surface area contributed by atoms with E-state index in [1.807, 2.05) is 13.0 Å². The van der Waals surface area contributed by atoms with Gasteiger partial charge in [-0.2, -0.15) is 0 Å². The van der Waals surface area contributed by atoms with Crippen LogP contribution in [0.5, 0.6) is 0 Å². The first-order valence-corrected chi connectivity index (χ1v) is 7.91. The van der Waals surface area contributed by atoms with E-state index >= 15 is 0 Å². The normalized spacial score (nSPS) is 10.4. The number of nitrogens with zero attached hydrogens (tertiary/aromatic N) is 1. The predicted molar refractivity (Wildman–Crippen MR) is 86.9 cm³/mol. The summed E-state index contributed by atoms with van der Waals surface area (Å²) in [5, 5.41) is 3.65. The molecule has 1 aromatic heterocycles. The number of carbonyl (C=O) groups is 1. The molecular weight excluding hydrogens is 280 g/mol. The molecule has 21 heavy (non-hydrogen) atoms. The van der Waals surface area contributed by atoms with E-state index in [1.54, 1.807) is 12.3 Å². The van der Waals surface area contributed by atoms with Gasteiger partial charge in [-0.15, -0.1) is 0 Å². The van der Waals surface area contributed by atoms with Gasteiger partial charge < -0.3 is 5.32 Å². The van der Waals surface area contributed by atoms with Gasteiger partial charge in [0.15, 0.2) is 0 Å². The highest BCUT2D eigenvalue weighted by molar-refractivity contribution is 7.99. The van der Waals surface area contributed by atoms with E-state index in [-0.39, 0.29) is 5.91 Å². The fourth-order valence-electron chi connectivity index (χ4n) is 1.87. The van der Waals surface area contributed by atoms with Gasteiger partial charge in [0.05, 0.1) is 5.56 Å². The van der Waals surface area contributed by atoms with Gasteiger partial charge in [0.25, 0.3) is 5.91 Å². The van der Waals surface area contributed by atoms with Crippen molar-refractivity contribution < 1.29 is 4.79 Å². The van der Waals surface area contributed by atoms with Gasteiger partial charge in [0, 0.05) is 17.6 Å². The lowest BCUT2D eigenvalue weighted by Crippen LogP contribution is -2.24. The molecule has 110 valence electrons. The standard InChI is InChI=1S/C17H20N2OS/c1-4-9-18-16(20)15-6-5-10-19-17(15)21-14-8-7-12(2)13(3)11-14/h5-8,10-11H,4,9H2,1-3H3,(H,18,20). The lowest BCUT2D eigenvalue weighted by Gasteiger charge is -2.09. The molecule has 2 rings (SSSR count). The average molecular weight is 300 g/mol. The van der Waals surface area contributed by atoms with Crippen LogP contribution in [-0.4, -0.2) is 17.4 Å². The second kappa shape index (κ2) is 7.27. The van der Waals surface area contributed by atoms with E-state index in [4.69, 9.17) is 0 Å². The van der Waals surface area contributed by atoms with E-state index < -0.39 is 0 Å². The number of rotatable bonds is 5. The number of carbonyl (C=O) groups excluding carboxylic acids is 1. The van der Waals surface area contributed by atoms with Crippen molar-refractivity contribution in [3.8, 4) is 0 Å². The van der Waals surface area contributed by atoms with Crippen molar-refractivity contribution in [1.82, 2.24) is 10.3 Å². The van der Waals surface area contributed by atoms with Crippen LogP contribution in [0.4, 0.5) is 0 Å². The second-order valence-corrected chi connectivity index (χ2v) is 6.02. The Hall–Kier alpha value is -1.81. The minimum atomic E-state index is -0.0590. The lowest BCUT2D eigenvalue weighted by molar-refractivity contribution is 0.0950. The summed E-state index contributed by atoms with van der Waals surface area (Å²) in [5.74, 6) is -0.0590. The SMILES string of the molecule is CCCNC(=O)c1cccnc1Sc1ccc(C)c(C)c1. The highest BCUT2D eigenvalue weighted by Crippen LogP contribution is 2.29. The fraction of sp³-hybridized carbons (Fsp3) is 0.294. The quantitative estimate of drug-likeness (QED) is 0.908. The van der Waals surface area contributed by atoms with Crippen molar-refractivity contribution in [2.24, 2.45) is 0 Å². The minimum absolute atomic E-state index is 0.0590. The summed E-state index contributed by atoms with van der Waals surface area (Å²) >= 11 is 1.53. The highest BCUT2D eigenvalue weighted by Gasteiger charge is 2.13. The Kier molecular flexibility index (Phi) is 5.39. The van der Waals surface area contributed by atoms with E-state index in [9.17, 15) is 4.79 Å². The maximum absolute atomic E-state index is 12.2. The Morgan fingerprint density at radius 3 is 2.76 bits per heavy atom. The molecule has 0 saturated carbocycles. The van der Waals surface area contributed by atoms with Crippen molar-refractivity contribution in [2.75, 3.05) is 6.54 Å². The van der Waals surface area contributed by atoms with E-state index in [0.717, 1.165) is 16.3 Å². The lowest BCUT2D eigenvalue weighted by atomic mass is 10.1. The number of amides is 1. The molecule has 4 heteroatoms. The molecule has 0 spiro atoms. The van der Waals surface area contributed by atoms with Gasteiger partial charge in [-0.3, -0.25) is 4.79 Å². The van der Waals surface area contributed by atoms with Crippen LogP contribution < -0.4 is 5.32 Å². The van der Waals surface area contributed by atoms with Crippen molar-refractivity contribution in [1.29, 1.82) is 0 Å². The van der Waals surface area contributed by atoms with Gasteiger partial charge in [-0.05, 0) is 55.7 Å². The highest BCUT2D eigenvalue weighted by atomic mass is 32.2. The topological polar surface area (TPSA) is 42.0 Å². The zero-order valence-corrected chi connectivity index (χ0v) is 13.5. The summed E-state index contributed by atoms with van der Waals surface area (Å²) in [7, 11) is 0. The third-order valence-electron chi connectivity index (χ3n) is 3.24. The number of pyridine rings is 1. The van der Waals surface area contributed by atoms with Crippen LogP contribution in [0.2, 0.25) is 0 Å². The molecule has 0 radical (unpaired) electrons. The van der Waals surface area contributed by atoms with E-state index in [0.29, 0.717) is 12.1 Å². The zero-order chi connectivity index (χ0) is 15.2. The summed E-state index contributed by atoms with van der Waals surface area (Å²) in [6.07, 6.45) is 2.64. The Morgan fingerprint density at radius 1 is 1.24 bits per heavy atom. The molecule has 0 fully saturated rings. The summed E-state index contributed by atoms with van der Waals surface area (Å²) < 4.78 is 0. The van der Waals surface area contributed by atoms with Crippen LogP contribution in [0.15, 0.2) is 46.5 Å². The summed E-state index contributed by atoms with van der Waals surface area (Å²) in [5.41, 5.74) is 3.14. The molecule has 0 aliphatic rings. The first-order chi connectivity index (χ1) is 10.1. The number of hydrogen-bond donors (Lipinski definition) is 1. The summed E-state index contributed by atoms with van der Waals surface area (Å²) in [6.45, 7) is 6.90. The molecule has 2 aromatic rings. The van der Waals surface area contributed by atoms with E-state index in [2.05, 4.69) is 42.3 Å². The molecule has 0 atom stereocenters. The smallest absolute Gasteiger partial charge is 0.254 e. The molecule has 0 aliphatic carbocycles. The average Bonchev–Trinajstić information content (AvgIpc) is 2.49. The third kappa shape index (κ3) is 4.08. The molecule has 0 unspecified atom stereocenters. The van der Waals surface area contributed by atoms with Gasteiger partial charge in [-0.25, -0.2) is 4.98 Å². The number of benzene rings is 1. The van der Waals surface area contributed by atoms with Gasteiger partial charge in [0.2, 0.25) is 0 Å². The second-order valence-electron chi connectivity index (χ2n) is 4.96. The predicted octanol–water partition coefficient (Wildman–Crippen LogP) is 3.99. The molecule has 1 heterocycles. The Balaban J connectivity index is 2.23. The molecule has 1 amide bonds. The molecular formula is C17H20N2OS. The van der Waals surface area contributed by atoms with Crippen LogP contribution in [0.1, 0.15) is 34.8 Å². The number of aryl methyl sites for hydroxylation is 2. The first kappa shape index (κ1) is 15.6. The number of aromatic nitrogens is 1. The summed E-state index contributed by atoms with van der Waals surface area (Å²) in [4.78, 5) is 17.6. The van der Waals surface area contributed by atoms with Gasteiger partial charge in [0.1, 0.15) is 5.03 Å². The largest absolute Gasteiger partial charge is 0.352 e. The molecule has 0 bridgehead atoms. The molecule has 0 saturated heterocycles. The van der Waals surface area contributed by atoms with Crippen LogP contribution in [0, 0.1) is 13.8 Å². The Bertz CT molecular complexity index is 640. The summed E-state index contributed by atoms with van der Waals surface area (Å²) in [6, 6.07) is 9.90. The van der Waals surface area contributed by atoms with Crippen molar-refractivity contribution in [3.05, 3.63) is 53.2 Å². The van der Waals surface area contributed by atoms with Crippen LogP contribution in [0.25, 0.3) is 0 Å². The Labute approximate surface area is 130 Å². The monoisotopic (exact) mass is 300 g/mol. The van der Waals surface area contributed by atoms with Crippen LogP contribution >= 0.6 is 11.8 Å². The maximum Gasteiger partial charge on any atom is 0.254 e. The molecule has 1 aromatic carbocycles. The van der Waals surface area contributed by atoms with Crippen molar-refractivity contribution in [2.45, 2.75) is 37.1 Å². The van der Waals surface area contributed by atoms with Gasteiger partial charge >= 0.3 is 0 Å². The van der Waals surface area contributed by atoms with Crippen molar-refractivity contribution in [3.63, 3.8) is 0 Å². The van der Waals surface area contributed by atoms with Gasteiger partial charge in [-0.1, -0.05) is 24.8 Å². The Morgan fingerprint density at radius 2 is 2.05 bits per heavy atom. The van der Waals surface area contributed by atoms with E-state index in [1.165, 1.54) is 22.9 Å². The minimum Gasteiger partial charge on any atom is -0.352 e. The third-order valence-corrected chi connectivity index (χ3v) is 4.25. The molecule has 1 N–H and O–H groups in total. The fourth-order valence-corrected chi connectivity index (χ4v) is 2.85. The molecule has 3 nitrogen and oxygen atoms in total. The van der Waals surface area contributed by atoms with Crippen LogP contribution in [0.3, 0.4) is 0 Å². The number of hydrogen-bond acceptors (Lipinski definition) is 3. The first-order valence-electron chi connectivity index (χ1n) is 7.10. The van der Waals surface area contributed by atoms with Crippen molar-refractivity contribution >= 4 is 17.7 Å². The molecule has 0 aliphatic heterocycles. The number of nitrogens with one attached hydrogen (secondary N) is 1.